The van der Waals surface area contributed by atoms with Gasteiger partial charge in [0, 0.05) is 37.5 Å². The number of aromatic amines is 1. The second-order valence-electron chi connectivity index (χ2n) is 7.92. The molecule has 0 spiro atoms. The number of methoxy groups -OCH3 is 1. The van der Waals surface area contributed by atoms with Crippen molar-refractivity contribution < 1.29 is 9.53 Å². The fourth-order valence-corrected chi connectivity index (χ4v) is 4.63. The molecule has 0 atom stereocenters. The van der Waals surface area contributed by atoms with Crippen molar-refractivity contribution in [3.05, 3.63) is 24.0 Å². The lowest BCUT2D eigenvalue weighted by Crippen LogP contribution is -2.52. The highest BCUT2D eigenvalue weighted by atomic mass is 16.5. The molecule has 2 aromatic heterocycles. The van der Waals surface area contributed by atoms with Crippen LogP contribution >= 0.6 is 0 Å². The Bertz CT molecular complexity index is 812. The van der Waals surface area contributed by atoms with E-state index in [1.807, 2.05) is 17.2 Å². The lowest BCUT2D eigenvalue weighted by molar-refractivity contribution is 0.0669. The van der Waals surface area contributed by atoms with Crippen LogP contribution in [0.15, 0.2) is 18.5 Å². The number of nitrogens with one attached hydrogen (secondary N) is 2. The number of carbonyl (C=O) groups excluding carboxylic acids is 1. The van der Waals surface area contributed by atoms with Crippen molar-refractivity contribution in [3.63, 3.8) is 0 Å². The van der Waals surface area contributed by atoms with Crippen LogP contribution in [0.5, 0.6) is 0 Å². The lowest BCUT2D eigenvalue weighted by Gasteiger charge is -2.44. The number of H-pyrrole nitrogens is 1. The number of amides is 1. The predicted octanol–water partition coefficient (Wildman–Crippen LogP) is 2.60. The minimum absolute atomic E-state index is 0.0553. The van der Waals surface area contributed by atoms with Gasteiger partial charge in [-0.3, -0.25) is 4.79 Å². The summed E-state index contributed by atoms with van der Waals surface area (Å²) >= 11 is 0. The van der Waals surface area contributed by atoms with E-state index in [1.165, 1.54) is 12.8 Å². The van der Waals surface area contributed by atoms with Gasteiger partial charge in [0.2, 0.25) is 0 Å². The van der Waals surface area contributed by atoms with Crippen LogP contribution in [0.4, 0.5) is 5.69 Å². The average molecular weight is 386 g/mol. The molecule has 152 valence electrons. The fraction of sp³-hybridized carbons (Fsp3) is 0.619. The van der Waals surface area contributed by atoms with Crippen molar-refractivity contribution >= 4 is 22.6 Å². The van der Waals surface area contributed by atoms with Gasteiger partial charge in [-0.15, -0.1) is 0 Å². The van der Waals surface area contributed by atoms with Crippen molar-refractivity contribution in [1.82, 2.24) is 20.2 Å². The smallest absolute Gasteiger partial charge is 0.259 e. The van der Waals surface area contributed by atoms with Gasteiger partial charge >= 0.3 is 0 Å². The summed E-state index contributed by atoms with van der Waals surface area (Å²) in [6.07, 6.45) is 8.43. The van der Waals surface area contributed by atoms with Crippen molar-refractivity contribution in [2.24, 2.45) is 5.92 Å². The highest BCUT2D eigenvalue weighted by Gasteiger charge is 2.36. The van der Waals surface area contributed by atoms with E-state index in [0.717, 1.165) is 48.6 Å². The van der Waals surface area contributed by atoms with Crippen LogP contribution in [0.1, 0.15) is 43.0 Å². The maximum atomic E-state index is 13.1. The van der Waals surface area contributed by atoms with Gasteiger partial charge in [-0.25, -0.2) is 4.98 Å². The van der Waals surface area contributed by atoms with Crippen LogP contribution in [0.2, 0.25) is 0 Å². The normalized spacial score (nSPS) is 22.7. The summed E-state index contributed by atoms with van der Waals surface area (Å²) in [6.45, 7) is 6.09. The summed E-state index contributed by atoms with van der Waals surface area (Å²) in [4.78, 5) is 25.1. The third-order valence-electron chi connectivity index (χ3n) is 6.19. The first-order valence-corrected chi connectivity index (χ1v) is 10.4. The minimum atomic E-state index is 0.0553. The molecule has 2 N–H and O–H groups in total. The molecule has 1 saturated carbocycles. The van der Waals surface area contributed by atoms with Crippen LogP contribution in [-0.2, 0) is 4.74 Å². The molecule has 1 aliphatic carbocycles. The van der Waals surface area contributed by atoms with E-state index in [0.29, 0.717) is 31.4 Å². The standard InChI is InChI=1S/C21H31N5O2/c1-3-22-12-15-4-6-16(7-5-15)26-14-25(10-11-28-2)21(27)18-13-24-20-17(19(18)26)8-9-23-20/h8-9,13,15-16,22H,3-7,10-12,14H2,1-2H3,(H,23,24)/t15-,16-. The second-order valence-corrected chi connectivity index (χ2v) is 7.92. The molecular formula is C21H31N5O2. The number of pyridine rings is 1. The highest BCUT2D eigenvalue weighted by molar-refractivity contribution is 6.08. The van der Waals surface area contributed by atoms with Crippen LogP contribution < -0.4 is 10.2 Å². The molecule has 28 heavy (non-hydrogen) atoms. The molecule has 4 rings (SSSR count). The number of carbonyl (C=O) groups is 1. The quantitative estimate of drug-likeness (QED) is 0.766. The third kappa shape index (κ3) is 3.61. The van der Waals surface area contributed by atoms with Gasteiger partial charge in [0.05, 0.1) is 24.5 Å². The zero-order valence-electron chi connectivity index (χ0n) is 16.9. The summed E-state index contributed by atoms with van der Waals surface area (Å²) in [5.74, 6) is 0.816. The van der Waals surface area contributed by atoms with Gasteiger partial charge in [-0.2, -0.15) is 0 Å². The topological polar surface area (TPSA) is 73.5 Å². The summed E-state index contributed by atoms with van der Waals surface area (Å²) in [5, 5.41) is 4.54. The first-order chi connectivity index (χ1) is 13.7. The number of nitrogens with zero attached hydrogens (tertiary/aromatic N) is 3. The second kappa shape index (κ2) is 8.49. The van der Waals surface area contributed by atoms with Gasteiger partial charge in [0.15, 0.2) is 0 Å². The molecule has 0 aromatic carbocycles. The number of aromatic nitrogens is 2. The number of hydrogen-bond donors (Lipinski definition) is 2. The summed E-state index contributed by atoms with van der Waals surface area (Å²) in [5.41, 5.74) is 2.62. The maximum Gasteiger partial charge on any atom is 0.259 e. The Kier molecular flexibility index (Phi) is 5.82. The molecule has 0 bridgehead atoms. The number of anilines is 1. The zero-order valence-corrected chi connectivity index (χ0v) is 16.9. The van der Waals surface area contributed by atoms with Crippen molar-refractivity contribution in [3.8, 4) is 0 Å². The lowest BCUT2D eigenvalue weighted by atomic mass is 9.84. The molecule has 2 aliphatic rings. The van der Waals surface area contributed by atoms with E-state index in [9.17, 15) is 4.79 Å². The summed E-state index contributed by atoms with van der Waals surface area (Å²) in [6, 6.07) is 2.50. The van der Waals surface area contributed by atoms with E-state index in [2.05, 4.69) is 27.1 Å². The monoisotopic (exact) mass is 385 g/mol. The molecule has 1 amide bonds. The summed E-state index contributed by atoms with van der Waals surface area (Å²) < 4.78 is 5.23. The van der Waals surface area contributed by atoms with Gasteiger partial charge in [0.1, 0.15) is 5.65 Å². The first-order valence-electron chi connectivity index (χ1n) is 10.4. The Morgan fingerprint density at radius 1 is 1.32 bits per heavy atom. The zero-order chi connectivity index (χ0) is 19.5. The van der Waals surface area contributed by atoms with E-state index in [4.69, 9.17) is 4.74 Å². The molecule has 0 unspecified atom stereocenters. The molecule has 0 radical (unpaired) electrons. The molecule has 7 nitrogen and oxygen atoms in total. The average Bonchev–Trinajstić information content (AvgIpc) is 3.21. The maximum absolute atomic E-state index is 13.1. The fourth-order valence-electron chi connectivity index (χ4n) is 4.63. The number of hydrogen-bond acceptors (Lipinski definition) is 5. The molecule has 0 saturated heterocycles. The van der Waals surface area contributed by atoms with E-state index < -0.39 is 0 Å². The Morgan fingerprint density at radius 3 is 2.89 bits per heavy atom. The van der Waals surface area contributed by atoms with Crippen molar-refractivity contribution in [1.29, 1.82) is 0 Å². The SMILES string of the molecule is CCNC[C@H]1CC[C@H](N2CN(CCOC)C(=O)c3cnc4[nH]ccc4c32)CC1. The Morgan fingerprint density at radius 2 is 2.14 bits per heavy atom. The van der Waals surface area contributed by atoms with Crippen LogP contribution in [0.3, 0.4) is 0 Å². The van der Waals surface area contributed by atoms with Crippen molar-refractivity contribution in [2.75, 3.05) is 44.9 Å². The Balaban J connectivity index is 1.61. The first kappa shape index (κ1) is 19.2. The van der Waals surface area contributed by atoms with Gasteiger partial charge in [0.25, 0.3) is 5.91 Å². The Labute approximate surface area is 166 Å². The molecule has 2 aromatic rings. The van der Waals surface area contributed by atoms with Gasteiger partial charge in [-0.05, 0) is 50.8 Å². The largest absolute Gasteiger partial charge is 0.383 e. The van der Waals surface area contributed by atoms with E-state index in [-0.39, 0.29) is 5.91 Å². The predicted molar refractivity (Wildman–Crippen MR) is 111 cm³/mol. The number of fused-ring (bicyclic) bond motifs is 3. The molecule has 3 heterocycles. The van der Waals surface area contributed by atoms with E-state index in [1.54, 1.807) is 13.3 Å². The minimum Gasteiger partial charge on any atom is -0.383 e. The summed E-state index contributed by atoms with van der Waals surface area (Å²) in [7, 11) is 1.68. The van der Waals surface area contributed by atoms with E-state index >= 15 is 0 Å². The molecule has 1 aliphatic heterocycles. The molecule has 1 fully saturated rings. The van der Waals surface area contributed by atoms with Crippen LogP contribution in [0, 0.1) is 5.92 Å². The third-order valence-corrected chi connectivity index (χ3v) is 6.19. The van der Waals surface area contributed by atoms with Crippen LogP contribution in [-0.4, -0.2) is 66.8 Å². The van der Waals surface area contributed by atoms with Crippen LogP contribution in [0.25, 0.3) is 11.0 Å². The molecular weight excluding hydrogens is 354 g/mol. The number of rotatable bonds is 7. The Hall–Kier alpha value is -2.12. The molecule has 7 heteroatoms. The van der Waals surface area contributed by atoms with Gasteiger partial charge < -0.3 is 24.8 Å². The number of ether oxygens (including phenoxy) is 1. The van der Waals surface area contributed by atoms with Gasteiger partial charge in [-0.1, -0.05) is 6.92 Å². The van der Waals surface area contributed by atoms with Crippen molar-refractivity contribution in [2.45, 2.75) is 38.6 Å². The highest BCUT2D eigenvalue weighted by Crippen LogP contribution is 2.38.